The molecule has 2 aromatic carbocycles. The summed E-state index contributed by atoms with van der Waals surface area (Å²) >= 11 is 0. The van der Waals surface area contributed by atoms with E-state index < -0.39 is 23.5 Å². The van der Waals surface area contributed by atoms with E-state index in [1.807, 2.05) is 0 Å². The Balaban J connectivity index is 2.28. The molecule has 0 aliphatic rings. The summed E-state index contributed by atoms with van der Waals surface area (Å²) in [7, 11) is 2.70. The minimum Gasteiger partial charge on any atom is -0.496 e. The van der Waals surface area contributed by atoms with Crippen LogP contribution in [0.25, 0.3) is 11.1 Å². The smallest absolute Gasteiger partial charge is 0.407 e. The zero-order valence-corrected chi connectivity index (χ0v) is 16.6. The second kappa shape index (κ2) is 8.73. The van der Waals surface area contributed by atoms with E-state index in [1.54, 1.807) is 45.0 Å². The number of ether oxygens (including phenoxy) is 3. The Morgan fingerprint density at radius 1 is 1.07 bits per heavy atom. The molecule has 0 spiro atoms. The number of hydrogen-bond acceptors (Lipinski definition) is 5. The van der Waals surface area contributed by atoms with E-state index in [0.29, 0.717) is 16.9 Å². The molecule has 0 radical (unpaired) electrons. The Hall–Kier alpha value is -3.09. The molecule has 150 valence electrons. The highest BCUT2D eigenvalue weighted by atomic mass is 19.1. The first-order valence-corrected chi connectivity index (χ1v) is 8.66. The highest BCUT2D eigenvalue weighted by Crippen LogP contribution is 2.29. The van der Waals surface area contributed by atoms with Crippen molar-refractivity contribution in [1.29, 1.82) is 0 Å². The van der Waals surface area contributed by atoms with E-state index in [0.717, 1.165) is 0 Å². The fourth-order valence-corrected chi connectivity index (χ4v) is 2.54. The van der Waals surface area contributed by atoms with Gasteiger partial charge in [-0.2, -0.15) is 0 Å². The predicted molar refractivity (Wildman–Crippen MR) is 103 cm³/mol. The van der Waals surface area contributed by atoms with Gasteiger partial charge in [0.15, 0.2) is 0 Å². The van der Waals surface area contributed by atoms with Crippen LogP contribution in [0.1, 0.15) is 36.7 Å². The van der Waals surface area contributed by atoms with E-state index in [4.69, 9.17) is 14.2 Å². The number of halogens is 1. The van der Waals surface area contributed by atoms with Gasteiger partial charge in [0.2, 0.25) is 0 Å². The molecule has 1 amide bonds. The van der Waals surface area contributed by atoms with Gasteiger partial charge in [-0.3, -0.25) is 0 Å². The largest absolute Gasteiger partial charge is 0.496 e. The molecule has 0 aliphatic heterocycles. The van der Waals surface area contributed by atoms with Crippen LogP contribution in [0.3, 0.4) is 0 Å². The number of rotatable bonds is 5. The number of carbonyl (C=O) groups excluding carboxylic acids is 2. The summed E-state index contributed by atoms with van der Waals surface area (Å²) < 4.78 is 29.5. The summed E-state index contributed by atoms with van der Waals surface area (Å²) in [6.07, 6.45) is -0.559. The maximum atomic E-state index is 14.4. The van der Waals surface area contributed by atoms with Crippen molar-refractivity contribution in [3.8, 4) is 16.9 Å². The van der Waals surface area contributed by atoms with Crippen molar-refractivity contribution in [3.63, 3.8) is 0 Å². The van der Waals surface area contributed by atoms with Crippen molar-refractivity contribution in [3.05, 3.63) is 53.3 Å². The Morgan fingerprint density at radius 2 is 1.79 bits per heavy atom. The zero-order valence-electron chi connectivity index (χ0n) is 16.6. The van der Waals surface area contributed by atoms with Crippen LogP contribution >= 0.6 is 0 Å². The van der Waals surface area contributed by atoms with Crippen LogP contribution in [0, 0.1) is 5.82 Å². The van der Waals surface area contributed by atoms with Gasteiger partial charge in [-0.05, 0) is 56.2 Å². The molecule has 0 saturated carbocycles. The van der Waals surface area contributed by atoms with Gasteiger partial charge >= 0.3 is 12.1 Å². The van der Waals surface area contributed by atoms with E-state index in [9.17, 15) is 14.0 Å². The lowest BCUT2D eigenvalue weighted by atomic mass is 9.99. The third-order valence-electron chi connectivity index (χ3n) is 3.78. The fraction of sp³-hybridized carbons (Fsp3) is 0.333. The second-order valence-electron chi connectivity index (χ2n) is 7.08. The van der Waals surface area contributed by atoms with Crippen LogP contribution in [-0.2, 0) is 16.0 Å². The lowest BCUT2D eigenvalue weighted by Crippen LogP contribution is -2.32. The van der Waals surface area contributed by atoms with Gasteiger partial charge < -0.3 is 19.5 Å². The van der Waals surface area contributed by atoms with Gasteiger partial charge in [-0.1, -0.05) is 12.1 Å². The number of benzene rings is 2. The zero-order chi connectivity index (χ0) is 20.9. The Morgan fingerprint density at radius 3 is 2.39 bits per heavy atom. The van der Waals surface area contributed by atoms with Gasteiger partial charge in [-0.25, -0.2) is 14.0 Å². The second-order valence-corrected chi connectivity index (χ2v) is 7.08. The van der Waals surface area contributed by atoms with Gasteiger partial charge in [0.05, 0.1) is 14.2 Å². The quantitative estimate of drug-likeness (QED) is 0.772. The molecule has 2 aromatic rings. The third-order valence-corrected chi connectivity index (χ3v) is 3.78. The van der Waals surface area contributed by atoms with Gasteiger partial charge in [0, 0.05) is 12.1 Å². The summed E-state index contributed by atoms with van der Waals surface area (Å²) in [5.41, 5.74) is 1.04. The lowest BCUT2D eigenvalue weighted by molar-refractivity contribution is 0.0522. The molecule has 0 unspecified atom stereocenters. The van der Waals surface area contributed by atoms with Crippen molar-refractivity contribution < 1.29 is 28.2 Å². The van der Waals surface area contributed by atoms with Crippen LogP contribution in [0.4, 0.5) is 9.18 Å². The molecule has 0 aliphatic carbocycles. The minimum atomic E-state index is -0.606. The first-order valence-electron chi connectivity index (χ1n) is 8.66. The first kappa shape index (κ1) is 21.2. The summed E-state index contributed by atoms with van der Waals surface area (Å²) in [5, 5.41) is 2.63. The molecule has 0 bridgehead atoms. The van der Waals surface area contributed by atoms with Crippen molar-refractivity contribution in [1.82, 2.24) is 5.32 Å². The molecule has 6 nitrogen and oxygen atoms in total. The average Bonchev–Trinajstić information content (AvgIpc) is 2.64. The monoisotopic (exact) mass is 389 g/mol. The van der Waals surface area contributed by atoms with E-state index in [2.05, 4.69) is 5.32 Å². The minimum absolute atomic E-state index is 0.169. The van der Waals surface area contributed by atoms with Crippen molar-refractivity contribution in [2.24, 2.45) is 0 Å². The van der Waals surface area contributed by atoms with Crippen LogP contribution in [0.2, 0.25) is 0 Å². The average molecular weight is 389 g/mol. The molecule has 0 aromatic heterocycles. The molecule has 2 rings (SSSR count). The predicted octanol–water partition coefficient (Wildman–Crippen LogP) is 4.31. The molecule has 28 heavy (non-hydrogen) atoms. The lowest BCUT2D eigenvalue weighted by Gasteiger charge is -2.19. The van der Waals surface area contributed by atoms with Crippen LogP contribution in [0.15, 0.2) is 36.4 Å². The number of amides is 1. The van der Waals surface area contributed by atoms with E-state index in [1.165, 1.54) is 26.4 Å². The maximum Gasteiger partial charge on any atom is 0.407 e. The molecule has 7 heteroatoms. The number of methoxy groups -OCH3 is 2. The van der Waals surface area contributed by atoms with Crippen LogP contribution in [0.5, 0.6) is 5.75 Å². The number of carbonyl (C=O) groups is 2. The molecule has 1 N–H and O–H groups in total. The summed E-state index contributed by atoms with van der Waals surface area (Å²) in [6.45, 7) is 5.48. The van der Waals surface area contributed by atoms with Crippen LogP contribution in [-0.4, -0.2) is 31.9 Å². The SMILES string of the molecule is COC(=O)c1cc(-c2cc(CNC(=O)OC(C)(C)C)ccc2F)ccc1OC. The Kier molecular flexibility index (Phi) is 6.62. The normalized spacial score (nSPS) is 10.9. The number of nitrogens with one attached hydrogen (secondary N) is 1. The Labute approximate surface area is 163 Å². The molecule has 0 atom stereocenters. The third kappa shape index (κ3) is 5.45. The number of hydrogen-bond donors (Lipinski definition) is 1. The maximum absolute atomic E-state index is 14.4. The number of esters is 1. The molecular weight excluding hydrogens is 365 g/mol. The highest BCUT2D eigenvalue weighted by Gasteiger charge is 2.17. The standard InChI is InChI=1S/C21H24FNO5/c1-21(2,3)28-20(25)23-12-13-6-8-17(22)15(10-13)14-7-9-18(26-4)16(11-14)19(24)27-5/h6-11H,12H2,1-5H3,(H,23,25). The van der Waals surface area contributed by atoms with Crippen molar-refractivity contribution in [2.45, 2.75) is 32.9 Å². The van der Waals surface area contributed by atoms with Gasteiger partial charge in [-0.15, -0.1) is 0 Å². The highest BCUT2D eigenvalue weighted by molar-refractivity contribution is 5.94. The van der Waals surface area contributed by atoms with E-state index >= 15 is 0 Å². The summed E-state index contributed by atoms with van der Waals surface area (Å²) in [5.74, 6) is -0.706. The molecule has 0 saturated heterocycles. The van der Waals surface area contributed by atoms with Crippen molar-refractivity contribution in [2.75, 3.05) is 14.2 Å². The Bertz CT molecular complexity index is 874. The van der Waals surface area contributed by atoms with Crippen LogP contribution < -0.4 is 10.1 Å². The summed E-state index contributed by atoms with van der Waals surface area (Å²) in [4.78, 5) is 23.8. The topological polar surface area (TPSA) is 73.9 Å². The molecule has 0 fully saturated rings. The summed E-state index contributed by atoms with van der Waals surface area (Å²) in [6, 6.07) is 9.22. The van der Waals surface area contributed by atoms with E-state index in [-0.39, 0.29) is 17.7 Å². The first-order chi connectivity index (χ1) is 13.1. The van der Waals surface area contributed by atoms with Crippen molar-refractivity contribution >= 4 is 12.1 Å². The van der Waals surface area contributed by atoms with Gasteiger partial charge in [0.25, 0.3) is 0 Å². The number of alkyl carbamates (subject to hydrolysis) is 1. The molecular formula is C21H24FNO5. The molecule has 0 heterocycles. The van der Waals surface area contributed by atoms with Gasteiger partial charge in [0.1, 0.15) is 22.7 Å². The fourth-order valence-electron chi connectivity index (χ4n) is 2.54.